The second kappa shape index (κ2) is 4.62. The standard InChI is InChI=1S/C18H19N3/c1-13-14(2)21-10-5-8-17(18(21)19-13)20-11-9-15-6-3-4-7-16(15)12-20/h3-8,10H,9,11-12H2,1-2H3. The maximum Gasteiger partial charge on any atom is 0.160 e. The van der Waals surface area contributed by atoms with Crippen LogP contribution in [-0.2, 0) is 13.0 Å². The Hall–Kier alpha value is -2.29. The summed E-state index contributed by atoms with van der Waals surface area (Å²) in [5.41, 5.74) is 7.57. The molecule has 1 aromatic carbocycles. The average Bonchev–Trinajstić information content (AvgIpc) is 2.82. The fourth-order valence-corrected chi connectivity index (χ4v) is 3.23. The Morgan fingerprint density at radius 2 is 1.81 bits per heavy atom. The minimum absolute atomic E-state index is 0.973. The predicted octanol–water partition coefficient (Wildman–Crippen LogP) is 3.51. The average molecular weight is 277 g/mol. The molecule has 3 nitrogen and oxygen atoms in total. The number of hydrogen-bond donors (Lipinski definition) is 0. The summed E-state index contributed by atoms with van der Waals surface area (Å²) in [7, 11) is 0. The van der Waals surface area contributed by atoms with Gasteiger partial charge in [0.1, 0.15) is 0 Å². The fraction of sp³-hybridized carbons (Fsp3) is 0.278. The van der Waals surface area contributed by atoms with Crippen molar-refractivity contribution < 1.29 is 0 Å². The van der Waals surface area contributed by atoms with Gasteiger partial charge in [0, 0.05) is 25.0 Å². The number of nitrogens with zero attached hydrogens (tertiary/aromatic N) is 3. The second-order valence-corrected chi connectivity index (χ2v) is 5.81. The maximum atomic E-state index is 4.77. The summed E-state index contributed by atoms with van der Waals surface area (Å²) in [6.07, 6.45) is 3.21. The quantitative estimate of drug-likeness (QED) is 0.678. The Kier molecular flexibility index (Phi) is 2.74. The van der Waals surface area contributed by atoms with Gasteiger partial charge < -0.3 is 9.30 Å². The van der Waals surface area contributed by atoms with Gasteiger partial charge in [0.25, 0.3) is 0 Å². The SMILES string of the molecule is Cc1nc2c(N3CCc4ccccc4C3)cccn2c1C. The third kappa shape index (κ3) is 1.92. The lowest BCUT2D eigenvalue weighted by Crippen LogP contribution is -2.30. The Balaban J connectivity index is 1.80. The number of benzene rings is 1. The summed E-state index contributed by atoms with van der Waals surface area (Å²) in [4.78, 5) is 7.21. The molecular weight excluding hydrogens is 258 g/mol. The van der Waals surface area contributed by atoms with E-state index in [1.165, 1.54) is 22.5 Å². The van der Waals surface area contributed by atoms with Crippen molar-refractivity contribution in [2.75, 3.05) is 11.4 Å². The minimum Gasteiger partial charge on any atom is -0.364 e. The van der Waals surface area contributed by atoms with Crippen molar-refractivity contribution in [3.63, 3.8) is 0 Å². The molecule has 0 saturated carbocycles. The highest BCUT2D eigenvalue weighted by Gasteiger charge is 2.19. The van der Waals surface area contributed by atoms with Gasteiger partial charge in [0.2, 0.25) is 0 Å². The van der Waals surface area contributed by atoms with Crippen LogP contribution >= 0.6 is 0 Å². The van der Waals surface area contributed by atoms with Gasteiger partial charge in [-0.15, -0.1) is 0 Å². The summed E-state index contributed by atoms with van der Waals surface area (Å²) in [5, 5.41) is 0. The van der Waals surface area contributed by atoms with Gasteiger partial charge in [0.05, 0.1) is 11.4 Å². The van der Waals surface area contributed by atoms with Crippen molar-refractivity contribution in [3.05, 3.63) is 65.1 Å². The fourth-order valence-electron chi connectivity index (χ4n) is 3.23. The second-order valence-electron chi connectivity index (χ2n) is 5.81. The third-order valence-electron chi connectivity index (χ3n) is 4.58. The predicted molar refractivity (Wildman–Crippen MR) is 85.9 cm³/mol. The number of aromatic nitrogens is 2. The molecule has 0 fully saturated rings. The van der Waals surface area contributed by atoms with Crippen LogP contribution in [0.15, 0.2) is 42.6 Å². The molecule has 3 aromatic rings. The zero-order valence-electron chi connectivity index (χ0n) is 12.5. The number of fused-ring (bicyclic) bond motifs is 2. The number of hydrogen-bond acceptors (Lipinski definition) is 2. The number of pyridine rings is 1. The molecule has 0 radical (unpaired) electrons. The van der Waals surface area contributed by atoms with Crippen LogP contribution in [0.4, 0.5) is 5.69 Å². The van der Waals surface area contributed by atoms with Crippen molar-refractivity contribution >= 4 is 11.3 Å². The lowest BCUT2D eigenvalue weighted by molar-refractivity contribution is 0.731. The molecule has 0 atom stereocenters. The molecule has 21 heavy (non-hydrogen) atoms. The molecule has 0 aliphatic carbocycles. The normalized spacial score (nSPS) is 14.5. The Bertz CT molecular complexity index is 816. The van der Waals surface area contributed by atoms with Gasteiger partial charge in [-0.25, -0.2) is 4.98 Å². The lowest BCUT2D eigenvalue weighted by atomic mass is 9.99. The van der Waals surface area contributed by atoms with E-state index in [9.17, 15) is 0 Å². The summed E-state index contributed by atoms with van der Waals surface area (Å²) < 4.78 is 2.20. The van der Waals surface area contributed by atoms with Crippen LogP contribution in [-0.4, -0.2) is 15.9 Å². The van der Waals surface area contributed by atoms with Crippen LogP contribution in [0.3, 0.4) is 0 Å². The minimum atomic E-state index is 0.973. The molecule has 4 rings (SSSR count). The molecule has 0 bridgehead atoms. The van der Waals surface area contributed by atoms with E-state index in [0.717, 1.165) is 30.9 Å². The Morgan fingerprint density at radius 3 is 2.67 bits per heavy atom. The van der Waals surface area contributed by atoms with Crippen molar-refractivity contribution in [2.45, 2.75) is 26.8 Å². The van der Waals surface area contributed by atoms with Gasteiger partial charge in [-0.3, -0.25) is 0 Å². The first-order chi connectivity index (χ1) is 10.2. The van der Waals surface area contributed by atoms with Crippen LogP contribution < -0.4 is 4.90 Å². The van der Waals surface area contributed by atoms with Crippen molar-refractivity contribution in [2.24, 2.45) is 0 Å². The highest BCUT2D eigenvalue weighted by Crippen LogP contribution is 2.28. The van der Waals surface area contributed by atoms with Gasteiger partial charge in [-0.2, -0.15) is 0 Å². The molecule has 0 unspecified atom stereocenters. The zero-order chi connectivity index (χ0) is 14.4. The molecule has 1 aliphatic rings. The highest BCUT2D eigenvalue weighted by atomic mass is 15.2. The molecular formula is C18H19N3. The number of imidazole rings is 1. The molecule has 3 heterocycles. The molecule has 2 aromatic heterocycles. The van der Waals surface area contributed by atoms with Gasteiger partial charge in [-0.05, 0) is 43.5 Å². The van der Waals surface area contributed by atoms with Crippen LogP contribution in [0.5, 0.6) is 0 Å². The van der Waals surface area contributed by atoms with E-state index in [1.807, 2.05) is 0 Å². The molecule has 0 N–H and O–H groups in total. The van der Waals surface area contributed by atoms with Crippen molar-refractivity contribution in [1.82, 2.24) is 9.38 Å². The van der Waals surface area contributed by atoms with Gasteiger partial charge in [-0.1, -0.05) is 24.3 Å². The summed E-state index contributed by atoms with van der Waals surface area (Å²) in [5.74, 6) is 0. The molecule has 0 saturated heterocycles. The Morgan fingerprint density at radius 1 is 1.00 bits per heavy atom. The molecule has 1 aliphatic heterocycles. The smallest absolute Gasteiger partial charge is 0.160 e. The van der Waals surface area contributed by atoms with E-state index in [2.05, 4.69) is 65.7 Å². The van der Waals surface area contributed by atoms with Crippen molar-refractivity contribution in [1.29, 1.82) is 0 Å². The van der Waals surface area contributed by atoms with E-state index in [0.29, 0.717) is 0 Å². The van der Waals surface area contributed by atoms with Crippen molar-refractivity contribution in [3.8, 4) is 0 Å². The number of aryl methyl sites for hydroxylation is 2. The van der Waals surface area contributed by atoms with E-state index < -0.39 is 0 Å². The van der Waals surface area contributed by atoms with Crippen LogP contribution in [0.1, 0.15) is 22.5 Å². The molecule has 3 heteroatoms. The zero-order valence-corrected chi connectivity index (χ0v) is 12.5. The molecule has 106 valence electrons. The van der Waals surface area contributed by atoms with E-state index in [4.69, 9.17) is 4.98 Å². The lowest BCUT2D eigenvalue weighted by Gasteiger charge is -2.30. The highest BCUT2D eigenvalue weighted by molar-refractivity contribution is 5.70. The summed E-state index contributed by atoms with van der Waals surface area (Å²) in [6, 6.07) is 13.1. The van der Waals surface area contributed by atoms with Gasteiger partial charge in [0.15, 0.2) is 5.65 Å². The molecule has 0 spiro atoms. The topological polar surface area (TPSA) is 20.5 Å². The van der Waals surface area contributed by atoms with Crippen LogP contribution in [0.2, 0.25) is 0 Å². The van der Waals surface area contributed by atoms with E-state index in [-0.39, 0.29) is 0 Å². The summed E-state index contributed by atoms with van der Waals surface area (Å²) >= 11 is 0. The maximum absolute atomic E-state index is 4.77. The molecule has 0 amide bonds. The monoisotopic (exact) mass is 277 g/mol. The third-order valence-corrected chi connectivity index (χ3v) is 4.58. The number of anilines is 1. The first-order valence-electron chi connectivity index (χ1n) is 7.50. The summed E-state index contributed by atoms with van der Waals surface area (Å²) in [6.45, 7) is 6.24. The number of rotatable bonds is 1. The van der Waals surface area contributed by atoms with Gasteiger partial charge >= 0.3 is 0 Å². The van der Waals surface area contributed by atoms with Crippen LogP contribution in [0, 0.1) is 13.8 Å². The first-order valence-corrected chi connectivity index (χ1v) is 7.50. The first kappa shape index (κ1) is 12.5. The van der Waals surface area contributed by atoms with E-state index >= 15 is 0 Å². The van der Waals surface area contributed by atoms with E-state index in [1.54, 1.807) is 0 Å². The van der Waals surface area contributed by atoms with Crippen LogP contribution in [0.25, 0.3) is 5.65 Å². The Labute approximate surface area is 124 Å². The largest absolute Gasteiger partial charge is 0.364 e.